The van der Waals surface area contributed by atoms with Crippen LogP contribution in [0.3, 0.4) is 0 Å². The number of imidazole rings is 1. The molecule has 5 heteroatoms. The smallest absolute Gasteiger partial charge is 0.166 e. The Morgan fingerprint density at radius 3 is 2.18 bits per heavy atom. The van der Waals surface area contributed by atoms with Crippen LogP contribution in [0.1, 0.15) is 0 Å². The monoisotopic (exact) mass is 309 g/mol. The van der Waals surface area contributed by atoms with E-state index >= 15 is 0 Å². The highest BCUT2D eigenvalue weighted by atomic mass is 32.2. The molecule has 0 amide bonds. The van der Waals surface area contributed by atoms with Crippen LogP contribution in [0.2, 0.25) is 0 Å². The SMILES string of the molecule is O=C([O-])CSc1nc(-c2ccccc2)c(-c2ccccc2)[nH]1. The number of benzene rings is 2. The molecular formula is C17H13N2O2S-. The molecule has 1 heterocycles. The summed E-state index contributed by atoms with van der Waals surface area (Å²) in [7, 11) is 0. The van der Waals surface area contributed by atoms with E-state index < -0.39 is 5.97 Å². The molecule has 0 bridgehead atoms. The second-order valence-electron chi connectivity index (χ2n) is 4.66. The number of nitrogens with one attached hydrogen (secondary N) is 1. The van der Waals surface area contributed by atoms with Crippen LogP contribution < -0.4 is 5.11 Å². The van der Waals surface area contributed by atoms with Crippen molar-refractivity contribution < 1.29 is 9.90 Å². The summed E-state index contributed by atoms with van der Waals surface area (Å²) < 4.78 is 0. The molecule has 1 N–H and O–H groups in total. The molecule has 0 fully saturated rings. The molecule has 3 rings (SSSR count). The molecule has 1 aromatic heterocycles. The van der Waals surface area contributed by atoms with Crippen molar-refractivity contribution in [3.8, 4) is 22.5 Å². The summed E-state index contributed by atoms with van der Waals surface area (Å²) in [5, 5.41) is 11.2. The van der Waals surface area contributed by atoms with Crippen molar-refractivity contribution in [2.24, 2.45) is 0 Å². The lowest BCUT2D eigenvalue weighted by atomic mass is 10.1. The minimum atomic E-state index is -1.11. The van der Waals surface area contributed by atoms with Crippen molar-refractivity contribution in [2.45, 2.75) is 5.16 Å². The summed E-state index contributed by atoms with van der Waals surface area (Å²) in [4.78, 5) is 18.4. The quantitative estimate of drug-likeness (QED) is 0.736. The number of nitrogens with zero attached hydrogens (tertiary/aromatic N) is 1. The third kappa shape index (κ3) is 3.20. The number of aliphatic carboxylic acids is 1. The molecule has 0 unspecified atom stereocenters. The average Bonchev–Trinajstić information content (AvgIpc) is 2.99. The van der Waals surface area contributed by atoms with Crippen molar-refractivity contribution in [1.29, 1.82) is 0 Å². The summed E-state index contributed by atoms with van der Waals surface area (Å²) in [6.45, 7) is 0. The highest BCUT2D eigenvalue weighted by molar-refractivity contribution is 7.99. The van der Waals surface area contributed by atoms with Gasteiger partial charge in [0.2, 0.25) is 0 Å². The highest BCUT2D eigenvalue weighted by Crippen LogP contribution is 2.32. The molecule has 0 atom stereocenters. The zero-order chi connectivity index (χ0) is 15.4. The number of aromatic nitrogens is 2. The zero-order valence-corrected chi connectivity index (χ0v) is 12.5. The van der Waals surface area contributed by atoms with Gasteiger partial charge in [-0.1, -0.05) is 72.4 Å². The molecular weight excluding hydrogens is 296 g/mol. The van der Waals surface area contributed by atoms with Gasteiger partial charge in [0.1, 0.15) is 0 Å². The first kappa shape index (κ1) is 14.4. The van der Waals surface area contributed by atoms with Gasteiger partial charge in [0.25, 0.3) is 0 Å². The molecule has 0 aliphatic carbocycles. The number of hydrogen-bond acceptors (Lipinski definition) is 4. The molecule has 0 spiro atoms. The summed E-state index contributed by atoms with van der Waals surface area (Å²) in [5.41, 5.74) is 3.69. The van der Waals surface area contributed by atoms with Gasteiger partial charge in [-0.05, 0) is 0 Å². The summed E-state index contributed by atoms with van der Waals surface area (Å²) in [6, 6.07) is 19.7. The van der Waals surface area contributed by atoms with Crippen molar-refractivity contribution in [3.05, 3.63) is 60.7 Å². The topological polar surface area (TPSA) is 68.8 Å². The number of thioether (sulfide) groups is 1. The van der Waals surface area contributed by atoms with E-state index in [1.165, 1.54) is 0 Å². The number of H-pyrrole nitrogens is 1. The van der Waals surface area contributed by atoms with Crippen LogP contribution in [-0.4, -0.2) is 21.7 Å². The molecule has 4 nitrogen and oxygen atoms in total. The van der Waals surface area contributed by atoms with E-state index in [0.717, 1.165) is 34.3 Å². The number of rotatable bonds is 5. The minimum absolute atomic E-state index is 0.129. The fraction of sp³-hybridized carbons (Fsp3) is 0.0588. The fourth-order valence-corrected chi connectivity index (χ4v) is 2.75. The highest BCUT2D eigenvalue weighted by Gasteiger charge is 2.14. The Morgan fingerprint density at radius 1 is 1.00 bits per heavy atom. The number of carbonyl (C=O) groups is 1. The van der Waals surface area contributed by atoms with Crippen molar-refractivity contribution in [1.82, 2.24) is 9.97 Å². The number of aromatic amines is 1. The van der Waals surface area contributed by atoms with Gasteiger partial charge in [-0.2, -0.15) is 0 Å². The fourth-order valence-electron chi connectivity index (χ4n) is 2.17. The van der Waals surface area contributed by atoms with Gasteiger partial charge >= 0.3 is 0 Å². The predicted molar refractivity (Wildman–Crippen MR) is 85.2 cm³/mol. The zero-order valence-electron chi connectivity index (χ0n) is 11.7. The largest absolute Gasteiger partial charge is 0.549 e. The van der Waals surface area contributed by atoms with Gasteiger partial charge < -0.3 is 14.9 Å². The van der Waals surface area contributed by atoms with E-state index in [-0.39, 0.29) is 5.75 Å². The van der Waals surface area contributed by atoms with Crippen LogP contribution in [0.25, 0.3) is 22.5 Å². The lowest BCUT2D eigenvalue weighted by molar-refractivity contribution is -0.301. The second kappa shape index (κ2) is 6.49. The number of hydrogen-bond donors (Lipinski definition) is 1. The molecule has 110 valence electrons. The van der Waals surface area contributed by atoms with Crippen molar-refractivity contribution >= 4 is 17.7 Å². The molecule has 22 heavy (non-hydrogen) atoms. The first-order valence-corrected chi connectivity index (χ1v) is 7.76. The summed E-state index contributed by atoms with van der Waals surface area (Å²) >= 11 is 1.12. The van der Waals surface area contributed by atoms with E-state index in [0.29, 0.717) is 5.16 Å². The molecule has 0 aliphatic heterocycles. The van der Waals surface area contributed by atoms with Gasteiger partial charge in [0.05, 0.1) is 17.4 Å². The molecule has 3 aromatic rings. The maximum Gasteiger partial charge on any atom is 0.166 e. The van der Waals surface area contributed by atoms with Gasteiger partial charge in [-0.15, -0.1) is 0 Å². The maximum atomic E-state index is 10.6. The minimum Gasteiger partial charge on any atom is -0.549 e. The second-order valence-corrected chi connectivity index (χ2v) is 5.62. The van der Waals surface area contributed by atoms with E-state index in [4.69, 9.17) is 0 Å². The Hall–Kier alpha value is -2.53. The summed E-state index contributed by atoms with van der Waals surface area (Å²) in [5.74, 6) is -1.24. The van der Waals surface area contributed by atoms with Gasteiger partial charge in [0.15, 0.2) is 5.16 Å². The van der Waals surface area contributed by atoms with Gasteiger partial charge in [-0.25, -0.2) is 4.98 Å². The van der Waals surface area contributed by atoms with E-state index in [9.17, 15) is 9.90 Å². The van der Waals surface area contributed by atoms with Crippen LogP contribution in [0.4, 0.5) is 0 Å². The lowest BCUT2D eigenvalue weighted by Gasteiger charge is -2.02. The van der Waals surface area contributed by atoms with Crippen LogP contribution in [0.15, 0.2) is 65.8 Å². The predicted octanol–water partition coefficient (Wildman–Crippen LogP) is 2.59. The molecule has 0 aliphatic rings. The molecule has 0 saturated carbocycles. The third-order valence-electron chi connectivity index (χ3n) is 3.12. The molecule has 2 aromatic carbocycles. The Morgan fingerprint density at radius 2 is 1.59 bits per heavy atom. The van der Waals surface area contributed by atoms with Gasteiger partial charge in [-0.3, -0.25) is 0 Å². The van der Waals surface area contributed by atoms with E-state index in [2.05, 4.69) is 9.97 Å². The molecule has 0 saturated heterocycles. The Balaban J connectivity index is 2.04. The standard InChI is InChI=1S/C17H14N2O2S/c20-14(21)11-22-17-18-15(12-7-3-1-4-8-12)16(19-17)13-9-5-2-6-10-13/h1-10H,11H2,(H,18,19)(H,20,21)/p-1. The van der Waals surface area contributed by atoms with Crippen LogP contribution in [0.5, 0.6) is 0 Å². The van der Waals surface area contributed by atoms with Crippen LogP contribution in [-0.2, 0) is 4.79 Å². The van der Waals surface area contributed by atoms with E-state index in [1.54, 1.807) is 0 Å². The number of carbonyl (C=O) groups excluding carboxylic acids is 1. The van der Waals surface area contributed by atoms with Crippen LogP contribution >= 0.6 is 11.8 Å². The molecule has 0 radical (unpaired) electrons. The number of carboxylic acid groups (broad SMARTS) is 1. The Kier molecular flexibility index (Phi) is 4.25. The average molecular weight is 309 g/mol. The normalized spacial score (nSPS) is 10.5. The first-order valence-electron chi connectivity index (χ1n) is 6.77. The first-order chi connectivity index (χ1) is 10.7. The number of carboxylic acids is 1. The third-order valence-corrected chi connectivity index (χ3v) is 3.97. The Labute approximate surface area is 132 Å². The van der Waals surface area contributed by atoms with Crippen LogP contribution in [0, 0.1) is 0 Å². The van der Waals surface area contributed by atoms with Crippen molar-refractivity contribution in [3.63, 3.8) is 0 Å². The van der Waals surface area contributed by atoms with E-state index in [1.807, 2.05) is 60.7 Å². The van der Waals surface area contributed by atoms with Crippen molar-refractivity contribution in [2.75, 3.05) is 5.75 Å². The lowest BCUT2D eigenvalue weighted by Crippen LogP contribution is -2.24. The summed E-state index contributed by atoms with van der Waals surface area (Å²) in [6.07, 6.45) is 0. The van der Waals surface area contributed by atoms with Gasteiger partial charge in [0, 0.05) is 16.9 Å². The Bertz CT molecular complexity index is 713. The maximum absolute atomic E-state index is 10.6.